The van der Waals surface area contributed by atoms with Gasteiger partial charge in [-0.25, -0.2) is 4.39 Å². The SMILES string of the molecule is CC1CCCCN1C(=O)c1cc(C2CCNCC2)ccc1F. The Hall–Kier alpha value is -1.42. The third-order valence-corrected chi connectivity index (χ3v) is 5.10. The first-order valence-corrected chi connectivity index (χ1v) is 8.48. The Kier molecular flexibility index (Phi) is 4.77. The second-order valence-corrected chi connectivity index (χ2v) is 6.61. The Balaban J connectivity index is 1.84. The highest BCUT2D eigenvalue weighted by atomic mass is 19.1. The minimum Gasteiger partial charge on any atom is -0.336 e. The molecule has 0 radical (unpaired) electrons. The molecule has 1 N–H and O–H groups in total. The number of nitrogens with zero attached hydrogens (tertiary/aromatic N) is 1. The molecule has 1 aromatic rings. The van der Waals surface area contributed by atoms with Crippen LogP contribution in [0.3, 0.4) is 0 Å². The van der Waals surface area contributed by atoms with Gasteiger partial charge in [-0.1, -0.05) is 6.07 Å². The van der Waals surface area contributed by atoms with Crippen LogP contribution in [0.25, 0.3) is 0 Å². The number of carbonyl (C=O) groups excluding carboxylic acids is 1. The summed E-state index contributed by atoms with van der Waals surface area (Å²) >= 11 is 0. The summed E-state index contributed by atoms with van der Waals surface area (Å²) < 4.78 is 14.2. The Morgan fingerprint density at radius 3 is 2.73 bits per heavy atom. The summed E-state index contributed by atoms with van der Waals surface area (Å²) in [7, 11) is 0. The minimum absolute atomic E-state index is 0.138. The molecule has 0 spiro atoms. The number of likely N-dealkylation sites (tertiary alicyclic amines) is 1. The largest absolute Gasteiger partial charge is 0.336 e. The molecule has 1 aromatic carbocycles. The number of hydrogen-bond acceptors (Lipinski definition) is 2. The lowest BCUT2D eigenvalue weighted by atomic mass is 9.89. The maximum absolute atomic E-state index is 14.2. The normalized spacial score (nSPS) is 23.5. The third kappa shape index (κ3) is 3.17. The average molecular weight is 304 g/mol. The molecule has 1 unspecified atom stereocenters. The van der Waals surface area contributed by atoms with Gasteiger partial charge in [0, 0.05) is 12.6 Å². The molecule has 0 bridgehead atoms. The molecule has 1 atom stereocenters. The first-order valence-electron chi connectivity index (χ1n) is 8.48. The number of rotatable bonds is 2. The van der Waals surface area contributed by atoms with Gasteiger partial charge in [-0.3, -0.25) is 4.79 Å². The van der Waals surface area contributed by atoms with E-state index in [0.29, 0.717) is 5.92 Å². The molecule has 120 valence electrons. The molecule has 0 saturated carbocycles. The van der Waals surface area contributed by atoms with Gasteiger partial charge >= 0.3 is 0 Å². The van der Waals surface area contributed by atoms with Crippen molar-refractivity contribution in [2.24, 2.45) is 0 Å². The molecule has 22 heavy (non-hydrogen) atoms. The fourth-order valence-corrected chi connectivity index (χ4v) is 3.67. The van der Waals surface area contributed by atoms with Crippen molar-refractivity contribution in [3.8, 4) is 0 Å². The monoisotopic (exact) mass is 304 g/mol. The summed E-state index contributed by atoms with van der Waals surface area (Å²) in [4.78, 5) is 14.6. The lowest BCUT2D eigenvalue weighted by molar-refractivity contribution is 0.0630. The first-order chi connectivity index (χ1) is 10.7. The van der Waals surface area contributed by atoms with Gasteiger partial charge in [-0.15, -0.1) is 0 Å². The van der Waals surface area contributed by atoms with Crippen molar-refractivity contribution in [1.29, 1.82) is 0 Å². The molecular weight excluding hydrogens is 279 g/mol. The van der Waals surface area contributed by atoms with Crippen molar-refractivity contribution in [3.63, 3.8) is 0 Å². The lowest BCUT2D eigenvalue weighted by Crippen LogP contribution is -2.42. The molecule has 2 fully saturated rings. The van der Waals surface area contributed by atoms with Crippen LogP contribution in [0.5, 0.6) is 0 Å². The van der Waals surface area contributed by atoms with Crippen LogP contribution in [0.15, 0.2) is 18.2 Å². The van der Waals surface area contributed by atoms with E-state index in [2.05, 4.69) is 12.2 Å². The van der Waals surface area contributed by atoms with Gasteiger partial charge in [-0.05, 0) is 75.7 Å². The van der Waals surface area contributed by atoms with Gasteiger partial charge in [-0.2, -0.15) is 0 Å². The number of hydrogen-bond donors (Lipinski definition) is 1. The number of piperidine rings is 2. The van der Waals surface area contributed by atoms with Crippen LogP contribution < -0.4 is 5.32 Å². The Morgan fingerprint density at radius 1 is 1.23 bits per heavy atom. The summed E-state index contributed by atoms with van der Waals surface area (Å²) in [6.45, 7) is 4.80. The smallest absolute Gasteiger partial charge is 0.257 e. The highest BCUT2D eigenvalue weighted by Gasteiger charge is 2.27. The number of nitrogens with one attached hydrogen (secondary N) is 1. The van der Waals surface area contributed by atoms with Gasteiger partial charge in [0.1, 0.15) is 5.82 Å². The number of halogens is 1. The van der Waals surface area contributed by atoms with Crippen molar-refractivity contribution in [2.75, 3.05) is 19.6 Å². The molecule has 2 heterocycles. The fraction of sp³-hybridized carbons (Fsp3) is 0.611. The van der Waals surface area contributed by atoms with Gasteiger partial charge < -0.3 is 10.2 Å². The molecule has 2 aliphatic rings. The van der Waals surface area contributed by atoms with Crippen molar-refractivity contribution >= 4 is 5.91 Å². The summed E-state index contributed by atoms with van der Waals surface area (Å²) in [5.74, 6) is -0.0897. The zero-order valence-corrected chi connectivity index (χ0v) is 13.3. The molecule has 2 saturated heterocycles. The Labute approximate surface area is 131 Å². The molecule has 3 nitrogen and oxygen atoms in total. The van der Waals surface area contributed by atoms with E-state index in [1.54, 1.807) is 6.07 Å². The number of benzene rings is 1. The maximum Gasteiger partial charge on any atom is 0.257 e. The quantitative estimate of drug-likeness (QED) is 0.909. The van der Waals surface area contributed by atoms with Crippen LogP contribution in [-0.2, 0) is 0 Å². The highest BCUT2D eigenvalue weighted by Crippen LogP contribution is 2.28. The first kappa shape index (κ1) is 15.5. The molecular formula is C18H25FN2O. The molecule has 1 amide bonds. The van der Waals surface area contributed by atoms with E-state index in [1.165, 1.54) is 6.07 Å². The number of amides is 1. The van der Waals surface area contributed by atoms with Crippen LogP contribution in [-0.4, -0.2) is 36.5 Å². The number of carbonyl (C=O) groups is 1. The Bertz CT molecular complexity index is 540. The van der Waals surface area contributed by atoms with Crippen molar-refractivity contribution in [1.82, 2.24) is 10.2 Å². The second kappa shape index (κ2) is 6.78. The van der Waals surface area contributed by atoms with Crippen LogP contribution in [0.2, 0.25) is 0 Å². The summed E-state index contributed by atoms with van der Waals surface area (Å²) in [5.41, 5.74) is 1.36. The fourth-order valence-electron chi connectivity index (χ4n) is 3.67. The van der Waals surface area contributed by atoms with Crippen LogP contribution in [0.4, 0.5) is 4.39 Å². The predicted molar refractivity (Wildman–Crippen MR) is 85.6 cm³/mol. The molecule has 2 aliphatic heterocycles. The summed E-state index contributed by atoms with van der Waals surface area (Å²) in [5, 5.41) is 3.34. The minimum atomic E-state index is -0.388. The van der Waals surface area contributed by atoms with Gasteiger partial charge in [0.25, 0.3) is 5.91 Å². The van der Waals surface area contributed by atoms with Crippen LogP contribution >= 0.6 is 0 Å². The highest BCUT2D eigenvalue weighted by molar-refractivity contribution is 5.95. The van der Waals surface area contributed by atoms with Crippen molar-refractivity contribution in [2.45, 2.75) is 51.0 Å². The molecule has 4 heteroatoms. The molecule has 0 aliphatic carbocycles. The predicted octanol–water partition coefficient (Wildman–Crippen LogP) is 3.31. The van der Waals surface area contributed by atoms with Gasteiger partial charge in [0.2, 0.25) is 0 Å². The maximum atomic E-state index is 14.2. The second-order valence-electron chi connectivity index (χ2n) is 6.61. The van der Waals surface area contributed by atoms with E-state index in [-0.39, 0.29) is 23.3 Å². The molecule has 3 rings (SSSR count). The zero-order chi connectivity index (χ0) is 15.5. The van der Waals surface area contributed by atoms with E-state index in [4.69, 9.17) is 0 Å². The lowest BCUT2D eigenvalue weighted by Gasteiger charge is -2.33. The van der Waals surface area contributed by atoms with Crippen molar-refractivity contribution in [3.05, 3.63) is 35.1 Å². The van der Waals surface area contributed by atoms with E-state index in [1.807, 2.05) is 11.0 Å². The third-order valence-electron chi connectivity index (χ3n) is 5.10. The van der Waals surface area contributed by atoms with E-state index in [0.717, 1.165) is 57.3 Å². The topological polar surface area (TPSA) is 32.3 Å². The van der Waals surface area contributed by atoms with E-state index >= 15 is 0 Å². The summed E-state index contributed by atoms with van der Waals surface area (Å²) in [6, 6.07) is 5.33. The van der Waals surface area contributed by atoms with Crippen LogP contribution in [0.1, 0.15) is 60.9 Å². The summed E-state index contributed by atoms with van der Waals surface area (Å²) in [6.07, 6.45) is 5.30. The standard InChI is InChI=1S/C18H25FN2O/c1-13-4-2-3-11-21(13)18(22)16-12-15(5-6-17(16)19)14-7-9-20-10-8-14/h5-6,12-14,20H,2-4,7-11H2,1H3. The Morgan fingerprint density at radius 2 is 2.00 bits per heavy atom. The van der Waals surface area contributed by atoms with E-state index < -0.39 is 0 Å². The zero-order valence-electron chi connectivity index (χ0n) is 13.3. The molecule has 0 aromatic heterocycles. The van der Waals surface area contributed by atoms with E-state index in [9.17, 15) is 9.18 Å². The van der Waals surface area contributed by atoms with Gasteiger partial charge in [0.15, 0.2) is 0 Å². The van der Waals surface area contributed by atoms with Gasteiger partial charge in [0.05, 0.1) is 5.56 Å². The van der Waals surface area contributed by atoms with Crippen LogP contribution in [0, 0.1) is 5.82 Å². The average Bonchev–Trinajstić information content (AvgIpc) is 2.56. The van der Waals surface area contributed by atoms with Crippen molar-refractivity contribution < 1.29 is 9.18 Å².